The number of rotatable bonds is 3. The molecule has 2 rings (SSSR count). The Hall–Kier alpha value is -1.06. The van der Waals surface area contributed by atoms with Crippen molar-refractivity contribution in [1.29, 1.82) is 0 Å². The summed E-state index contributed by atoms with van der Waals surface area (Å²) in [6, 6.07) is 8.20. The van der Waals surface area contributed by atoms with Crippen LogP contribution in [-0.2, 0) is 11.2 Å². The summed E-state index contributed by atoms with van der Waals surface area (Å²) in [7, 11) is 0. The summed E-state index contributed by atoms with van der Waals surface area (Å²) in [5.74, 6) is 0.167. The zero-order chi connectivity index (χ0) is 13.0. The third-order valence-electron chi connectivity index (χ3n) is 3.46. The van der Waals surface area contributed by atoms with Gasteiger partial charge in [-0.3, -0.25) is 4.79 Å². The Bertz CT molecular complexity index is 422. The van der Waals surface area contributed by atoms with E-state index in [0.717, 1.165) is 43.1 Å². The predicted molar refractivity (Wildman–Crippen MR) is 73.8 cm³/mol. The number of piperazine rings is 1. The molecule has 1 amide bonds. The van der Waals surface area contributed by atoms with Gasteiger partial charge in [0.2, 0.25) is 5.91 Å². The molecule has 1 N–H and O–H groups in total. The second kappa shape index (κ2) is 6.21. The topological polar surface area (TPSA) is 32.3 Å². The molecule has 1 atom stereocenters. The molecule has 0 aromatic heterocycles. The quantitative estimate of drug-likeness (QED) is 0.909. The number of amides is 1. The third kappa shape index (κ3) is 3.24. The van der Waals surface area contributed by atoms with Gasteiger partial charge in [0.05, 0.1) is 0 Å². The number of benzene rings is 1. The number of carbonyl (C=O) groups is 1. The van der Waals surface area contributed by atoms with Crippen LogP contribution >= 0.6 is 11.6 Å². The summed E-state index contributed by atoms with van der Waals surface area (Å²) in [5, 5.41) is 4.16. The first kappa shape index (κ1) is 13.4. The molecule has 0 spiro atoms. The van der Waals surface area contributed by atoms with Gasteiger partial charge in [-0.05, 0) is 24.5 Å². The Kier molecular flexibility index (Phi) is 4.61. The summed E-state index contributed by atoms with van der Waals surface area (Å²) < 4.78 is 0. The highest BCUT2D eigenvalue weighted by Crippen LogP contribution is 2.19. The molecule has 4 heteroatoms. The zero-order valence-corrected chi connectivity index (χ0v) is 11.4. The molecular formula is C14H19ClN2O. The third-order valence-corrected chi connectivity index (χ3v) is 3.83. The highest BCUT2D eigenvalue weighted by molar-refractivity contribution is 6.31. The minimum atomic E-state index is 0.167. The molecule has 0 saturated carbocycles. The lowest BCUT2D eigenvalue weighted by Gasteiger charge is -2.35. The molecule has 3 nitrogen and oxygen atoms in total. The number of hydrogen-bond acceptors (Lipinski definition) is 2. The lowest BCUT2D eigenvalue weighted by atomic mass is 10.0. The number of carbonyl (C=O) groups excluding carboxylic acids is 1. The molecular weight excluding hydrogens is 248 g/mol. The molecule has 1 saturated heterocycles. The smallest absolute Gasteiger partial charge is 0.219 e. The SMILES string of the molecule is CC(=O)N1CCNCC1CCc1ccccc1Cl. The van der Waals surface area contributed by atoms with Gasteiger partial charge >= 0.3 is 0 Å². The fourth-order valence-electron chi connectivity index (χ4n) is 2.46. The van der Waals surface area contributed by atoms with Crippen molar-refractivity contribution in [2.75, 3.05) is 19.6 Å². The number of aryl methyl sites for hydroxylation is 1. The summed E-state index contributed by atoms with van der Waals surface area (Å²) in [5.41, 5.74) is 1.16. The highest BCUT2D eigenvalue weighted by Gasteiger charge is 2.23. The second-order valence-corrected chi connectivity index (χ2v) is 5.11. The van der Waals surface area contributed by atoms with Crippen molar-refractivity contribution < 1.29 is 4.79 Å². The van der Waals surface area contributed by atoms with E-state index in [1.807, 2.05) is 23.1 Å². The molecule has 98 valence electrons. The average Bonchev–Trinajstić information content (AvgIpc) is 2.38. The maximum Gasteiger partial charge on any atom is 0.219 e. The maximum absolute atomic E-state index is 11.6. The summed E-state index contributed by atoms with van der Waals surface area (Å²) >= 11 is 6.14. The minimum Gasteiger partial charge on any atom is -0.337 e. The van der Waals surface area contributed by atoms with Crippen LogP contribution in [0.5, 0.6) is 0 Å². The van der Waals surface area contributed by atoms with E-state index in [9.17, 15) is 4.79 Å². The predicted octanol–water partition coefficient (Wildman–Crippen LogP) is 2.09. The van der Waals surface area contributed by atoms with E-state index in [1.54, 1.807) is 6.92 Å². The van der Waals surface area contributed by atoms with Crippen LogP contribution in [-0.4, -0.2) is 36.5 Å². The van der Waals surface area contributed by atoms with Crippen molar-refractivity contribution in [2.24, 2.45) is 0 Å². The minimum absolute atomic E-state index is 0.167. The number of hydrogen-bond donors (Lipinski definition) is 1. The van der Waals surface area contributed by atoms with E-state index in [4.69, 9.17) is 11.6 Å². The van der Waals surface area contributed by atoms with Crippen LogP contribution in [0, 0.1) is 0 Å². The molecule has 18 heavy (non-hydrogen) atoms. The summed E-state index contributed by atoms with van der Waals surface area (Å²) in [4.78, 5) is 13.5. The number of nitrogens with one attached hydrogen (secondary N) is 1. The van der Waals surface area contributed by atoms with E-state index in [-0.39, 0.29) is 11.9 Å². The van der Waals surface area contributed by atoms with Gasteiger partial charge < -0.3 is 10.2 Å². The zero-order valence-electron chi connectivity index (χ0n) is 10.7. The molecule has 1 heterocycles. The Morgan fingerprint density at radius 2 is 2.28 bits per heavy atom. The van der Waals surface area contributed by atoms with Crippen LogP contribution in [0.15, 0.2) is 24.3 Å². The van der Waals surface area contributed by atoms with E-state index in [2.05, 4.69) is 11.4 Å². The van der Waals surface area contributed by atoms with E-state index >= 15 is 0 Å². The molecule has 1 aliphatic rings. The summed E-state index contributed by atoms with van der Waals surface area (Å²) in [6.45, 7) is 4.22. The molecule has 1 fully saturated rings. The standard InChI is InChI=1S/C14H19ClN2O/c1-11(18)17-9-8-16-10-13(17)7-6-12-4-2-3-5-14(12)15/h2-5,13,16H,6-10H2,1H3. The van der Waals surface area contributed by atoms with Crippen LogP contribution in [0.25, 0.3) is 0 Å². The second-order valence-electron chi connectivity index (χ2n) is 4.70. The Balaban J connectivity index is 1.96. The number of nitrogens with zero attached hydrogens (tertiary/aromatic N) is 1. The Morgan fingerprint density at radius 1 is 1.50 bits per heavy atom. The first-order valence-electron chi connectivity index (χ1n) is 6.40. The number of halogens is 1. The average molecular weight is 267 g/mol. The van der Waals surface area contributed by atoms with Crippen LogP contribution < -0.4 is 5.32 Å². The van der Waals surface area contributed by atoms with Gasteiger partial charge in [-0.25, -0.2) is 0 Å². The van der Waals surface area contributed by atoms with Crippen LogP contribution in [0.2, 0.25) is 5.02 Å². The van der Waals surface area contributed by atoms with Crippen molar-refractivity contribution in [3.8, 4) is 0 Å². The fraction of sp³-hybridized carbons (Fsp3) is 0.500. The van der Waals surface area contributed by atoms with Gasteiger partial charge in [0.1, 0.15) is 0 Å². The molecule has 0 bridgehead atoms. The van der Waals surface area contributed by atoms with E-state index < -0.39 is 0 Å². The molecule has 1 unspecified atom stereocenters. The largest absolute Gasteiger partial charge is 0.337 e. The van der Waals surface area contributed by atoms with Gasteiger partial charge in [-0.2, -0.15) is 0 Å². The van der Waals surface area contributed by atoms with Gasteiger partial charge in [0, 0.05) is 37.6 Å². The monoisotopic (exact) mass is 266 g/mol. The first-order chi connectivity index (χ1) is 8.68. The molecule has 0 aliphatic carbocycles. The lowest BCUT2D eigenvalue weighted by Crippen LogP contribution is -2.53. The van der Waals surface area contributed by atoms with Gasteiger partial charge in [0.25, 0.3) is 0 Å². The van der Waals surface area contributed by atoms with E-state index in [1.165, 1.54) is 0 Å². The lowest BCUT2D eigenvalue weighted by molar-refractivity contribution is -0.132. The molecule has 1 aromatic rings. The fourth-order valence-corrected chi connectivity index (χ4v) is 2.69. The van der Waals surface area contributed by atoms with Crippen LogP contribution in [0.3, 0.4) is 0 Å². The van der Waals surface area contributed by atoms with Crippen molar-refractivity contribution >= 4 is 17.5 Å². The van der Waals surface area contributed by atoms with Crippen LogP contribution in [0.4, 0.5) is 0 Å². The molecule has 1 aromatic carbocycles. The van der Waals surface area contributed by atoms with Gasteiger partial charge in [-0.1, -0.05) is 29.8 Å². The van der Waals surface area contributed by atoms with Crippen molar-refractivity contribution in [2.45, 2.75) is 25.8 Å². The normalized spacial score (nSPS) is 19.9. The first-order valence-corrected chi connectivity index (χ1v) is 6.77. The van der Waals surface area contributed by atoms with Crippen molar-refractivity contribution in [3.63, 3.8) is 0 Å². The molecule has 0 radical (unpaired) electrons. The summed E-state index contributed by atoms with van der Waals surface area (Å²) in [6.07, 6.45) is 1.87. The van der Waals surface area contributed by atoms with Gasteiger partial charge in [0.15, 0.2) is 0 Å². The van der Waals surface area contributed by atoms with Crippen molar-refractivity contribution in [1.82, 2.24) is 10.2 Å². The maximum atomic E-state index is 11.6. The van der Waals surface area contributed by atoms with Crippen molar-refractivity contribution in [3.05, 3.63) is 34.9 Å². The highest BCUT2D eigenvalue weighted by atomic mass is 35.5. The van der Waals surface area contributed by atoms with Gasteiger partial charge in [-0.15, -0.1) is 0 Å². The Morgan fingerprint density at radius 3 is 3.00 bits per heavy atom. The molecule has 1 aliphatic heterocycles. The Labute approximate surface area is 113 Å². The van der Waals surface area contributed by atoms with Crippen LogP contribution in [0.1, 0.15) is 18.9 Å². The van der Waals surface area contributed by atoms with E-state index in [0.29, 0.717) is 0 Å².